The standard InChI is InChI=1S/C17H28BrNO2/c1-16(2,3)11-17(4,5)19-10-12-8-14(20-6)15(21-7)9-13(12)18/h8-9,19H,10-11H2,1-7H3/p+1. The van der Waals surface area contributed by atoms with Crippen molar-refractivity contribution in [3.8, 4) is 11.5 Å². The normalized spacial score (nSPS) is 12.4. The highest BCUT2D eigenvalue weighted by atomic mass is 79.9. The van der Waals surface area contributed by atoms with Crippen LogP contribution in [0.5, 0.6) is 11.5 Å². The van der Waals surface area contributed by atoms with Crippen molar-refractivity contribution in [1.82, 2.24) is 0 Å². The average molecular weight is 359 g/mol. The maximum Gasteiger partial charge on any atom is 0.161 e. The minimum absolute atomic E-state index is 0.199. The molecular formula is C17H29BrNO2+. The third kappa shape index (κ3) is 5.87. The first-order chi connectivity index (χ1) is 9.58. The molecule has 1 aromatic rings. The van der Waals surface area contributed by atoms with Gasteiger partial charge in [-0.1, -0.05) is 36.7 Å². The third-order valence-electron chi connectivity index (χ3n) is 3.41. The van der Waals surface area contributed by atoms with Gasteiger partial charge in [0, 0.05) is 16.5 Å². The van der Waals surface area contributed by atoms with Crippen LogP contribution in [0.25, 0.3) is 0 Å². The second-order valence-electron chi connectivity index (χ2n) is 7.43. The number of rotatable bonds is 6. The monoisotopic (exact) mass is 358 g/mol. The summed E-state index contributed by atoms with van der Waals surface area (Å²) >= 11 is 3.62. The van der Waals surface area contributed by atoms with Gasteiger partial charge in [0.05, 0.1) is 19.8 Å². The van der Waals surface area contributed by atoms with Gasteiger partial charge < -0.3 is 14.8 Å². The number of methoxy groups -OCH3 is 2. The van der Waals surface area contributed by atoms with E-state index in [2.05, 4.69) is 55.9 Å². The number of hydrogen-bond acceptors (Lipinski definition) is 2. The van der Waals surface area contributed by atoms with Gasteiger partial charge in [0.25, 0.3) is 0 Å². The van der Waals surface area contributed by atoms with E-state index in [9.17, 15) is 0 Å². The number of nitrogens with two attached hydrogens (primary N) is 1. The fraction of sp³-hybridized carbons (Fsp3) is 0.647. The Morgan fingerprint density at radius 3 is 2.00 bits per heavy atom. The van der Waals surface area contributed by atoms with Crippen LogP contribution in [0.4, 0.5) is 0 Å². The maximum atomic E-state index is 5.38. The van der Waals surface area contributed by atoms with Gasteiger partial charge in [0.1, 0.15) is 6.54 Å². The molecule has 0 heterocycles. The van der Waals surface area contributed by atoms with Crippen LogP contribution in [-0.2, 0) is 6.54 Å². The number of ether oxygens (including phenoxy) is 2. The summed E-state index contributed by atoms with van der Waals surface area (Å²) in [5, 5.41) is 2.39. The molecule has 0 bridgehead atoms. The summed E-state index contributed by atoms with van der Waals surface area (Å²) in [5.74, 6) is 1.53. The Labute approximate surface area is 137 Å². The van der Waals surface area contributed by atoms with Crippen molar-refractivity contribution in [2.45, 2.75) is 53.1 Å². The summed E-state index contributed by atoms with van der Waals surface area (Å²) in [6.45, 7) is 12.4. The SMILES string of the molecule is COc1cc(Br)c(C[NH2+]C(C)(C)CC(C)(C)C)cc1OC. The molecule has 4 heteroatoms. The lowest BCUT2D eigenvalue weighted by Gasteiger charge is -2.30. The maximum absolute atomic E-state index is 5.38. The van der Waals surface area contributed by atoms with Crippen LogP contribution in [-0.4, -0.2) is 19.8 Å². The fourth-order valence-corrected chi connectivity index (χ4v) is 3.36. The molecule has 0 amide bonds. The van der Waals surface area contributed by atoms with Crippen molar-refractivity contribution in [2.24, 2.45) is 5.41 Å². The lowest BCUT2D eigenvalue weighted by atomic mass is 9.82. The Balaban J connectivity index is 2.84. The van der Waals surface area contributed by atoms with Crippen molar-refractivity contribution in [3.05, 3.63) is 22.2 Å². The fourth-order valence-electron chi connectivity index (χ4n) is 2.88. The third-order valence-corrected chi connectivity index (χ3v) is 4.15. The smallest absolute Gasteiger partial charge is 0.161 e. The highest BCUT2D eigenvalue weighted by Gasteiger charge is 2.28. The summed E-state index contributed by atoms with van der Waals surface area (Å²) in [6.07, 6.45) is 1.16. The molecule has 0 saturated carbocycles. The molecule has 2 N–H and O–H groups in total. The molecule has 0 spiro atoms. The number of hydrogen-bond donors (Lipinski definition) is 1. The molecular weight excluding hydrogens is 330 g/mol. The summed E-state index contributed by atoms with van der Waals surface area (Å²) in [7, 11) is 3.32. The van der Waals surface area contributed by atoms with Gasteiger partial charge in [-0.3, -0.25) is 0 Å². The van der Waals surface area contributed by atoms with E-state index in [1.54, 1.807) is 14.2 Å². The molecule has 1 rings (SSSR count). The Morgan fingerprint density at radius 2 is 1.52 bits per heavy atom. The molecule has 0 radical (unpaired) electrons. The average Bonchev–Trinajstić information content (AvgIpc) is 2.34. The predicted octanol–water partition coefficient (Wildman–Crippen LogP) is 3.74. The summed E-state index contributed by atoms with van der Waals surface area (Å²) in [5.41, 5.74) is 1.74. The van der Waals surface area contributed by atoms with Crippen molar-refractivity contribution in [2.75, 3.05) is 14.2 Å². The summed E-state index contributed by atoms with van der Waals surface area (Å²) < 4.78 is 11.8. The van der Waals surface area contributed by atoms with Crippen LogP contribution in [0.3, 0.4) is 0 Å². The molecule has 0 atom stereocenters. The molecule has 120 valence electrons. The molecule has 0 unspecified atom stereocenters. The van der Waals surface area contributed by atoms with E-state index in [0.717, 1.165) is 28.9 Å². The molecule has 0 aromatic heterocycles. The topological polar surface area (TPSA) is 35.1 Å². The van der Waals surface area contributed by atoms with E-state index in [1.807, 2.05) is 12.1 Å². The van der Waals surface area contributed by atoms with Gasteiger partial charge in [-0.15, -0.1) is 0 Å². The van der Waals surface area contributed by atoms with Crippen LogP contribution in [0.1, 0.15) is 46.6 Å². The van der Waals surface area contributed by atoms with E-state index in [1.165, 1.54) is 5.56 Å². The van der Waals surface area contributed by atoms with E-state index in [0.29, 0.717) is 5.41 Å². The van der Waals surface area contributed by atoms with Crippen molar-refractivity contribution in [3.63, 3.8) is 0 Å². The summed E-state index contributed by atoms with van der Waals surface area (Å²) in [4.78, 5) is 0. The molecule has 21 heavy (non-hydrogen) atoms. The van der Waals surface area contributed by atoms with Crippen LogP contribution < -0.4 is 14.8 Å². The largest absolute Gasteiger partial charge is 0.493 e. The minimum Gasteiger partial charge on any atom is -0.493 e. The molecule has 0 aliphatic heterocycles. The Morgan fingerprint density at radius 1 is 1.00 bits per heavy atom. The molecule has 0 aliphatic rings. The van der Waals surface area contributed by atoms with E-state index >= 15 is 0 Å². The van der Waals surface area contributed by atoms with Crippen LogP contribution in [0, 0.1) is 5.41 Å². The van der Waals surface area contributed by atoms with Crippen molar-refractivity contribution in [1.29, 1.82) is 0 Å². The Hall–Kier alpha value is -0.740. The zero-order valence-electron chi connectivity index (χ0n) is 14.3. The van der Waals surface area contributed by atoms with Crippen molar-refractivity contribution < 1.29 is 14.8 Å². The quantitative estimate of drug-likeness (QED) is 0.840. The second kappa shape index (κ2) is 7.01. The molecule has 0 fully saturated rings. The molecule has 0 aliphatic carbocycles. The second-order valence-corrected chi connectivity index (χ2v) is 8.29. The number of quaternary nitrogens is 1. The van der Waals surface area contributed by atoms with Crippen LogP contribution >= 0.6 is 15.9 Å². The summed E-state index contributed by atoms with van der Waals surface area (Å²) in [6, 6.07) is 4.02. The first kappa shape index (κ1) is 18.3. The van der Waals surface area contributed by atoms with Gasteiger partial charge in [0.2, 0.25) is 0 Å². The molecule has 1 aromatic carbocycles. The zero-order valence-corrected chi connectivity index (χ0v) is 15.9. The lowest BCUT2D eigenvalue weighted by Crippen LogP contribution is -2.94. The van der Waals surface area contributed by atoms with E-state index < -0.39 is 0 Å². The lowest BCUT2D eigenvalue weighted by molar-refractivity contribution is -0.737. The predicted molar refractivity (Wildman–Crippen MR) is 91.0 cm³/mol. The van der Waals surface area contributed by atoms with Gasteiger partial charge in [-0.05, 0) is 31.4 Å². The Kier molecular flexibility index (Phi) is 6.11. The van der Waals surface area contributed by atoms with Crippen molar-refractivity contribution >= 4 is 15.9 Å². The first-order valence-electron chi connectivity index (χ1n) is 7.33. The Bertz CT molecular complexity index is 478. The number of benzene rings is 1. The number of halogens is 1. The van der Waals surface area contributed by atoms with Gasteiger partial charge in [-0.25, -0.2) is 0 Å². The molecule has 3 nitrogen and oxygen atoms in total. The minimum atomic E-state index is 0.199. The zero-order chi connectivity index (χ0) is 16.3. The van der Waals surface area contributed by atoms with Gasteiger partial charge >= 0.3 is 0 Å². The van der Waals surface area contributed by atoms with Gasteiger partial charge in [-0.2, -0.15) is 0 Å². The molecule has 0 saturated heterocycles. The van der Waals surface area contributed by atoms with Crippen LogP contribution in [0.2, 0.25) is 0 Å². The van der Waals surface area contributed by atoms with E-state index in [-0.39, 0.29) is 5.54 Å². The first-order valence-corrected chi connectivity index (χ1v) is 8.12. The van der Waals surface area contributed by atoms with Crippen LogP contribution in [0.15, 0.2) is 16.6 Å². The van der Waals surface area contributed by atoms with E-state index in [4.69, 9.17) is 9.47 Å². The van der Waals surface area contributed by atoms with Gasteiger partial charge in [0.15, 0.2) is 11.5 Å². The highest BCUT2D eigenvalue weighted by Crippen LogP contribution is 2.33. The highest BCUT2D eigenvalue weighted by molar-refractivity contribution is 9.10.